The number of carbonyl (C=O) groups is 1. The number of hydrogen-bond acceptors (Lipinski definition) is 6. The Morgan fingerprint density at radius 3 is 2.86 bits per heavy atom. The van der Waals surface area contributed by atoms with Gasteiger partial charge in [0.25, 0.3) is 0 Å². The van der Waals surface area contributed by atoms with Gasteiger partial charge in [-0.1, -0.05) is 0 Å². The standard InChI is InChI=1S/C13H18N4O4S/c1-22(19,20)17-5-9-7-21-8-11(10(9)6-17)13(18)16-12-4-14-2-3-15-12/h2-4,9-11H,5-8H2,1H3,(H,15,16,18)/t9-,10-,11+/m1/s1. The minimum atomic E-state index is -3.25. The van der Waals surface area contributed by atoms with E-state index in [-0.39, 0.29) is 23.7 Å². The van der Waals surface area contributed by atoms with Gasteiger partial charge in [-0.25, -0.2) is 17.7 Å². The van der Waals surface area contributed by atoms with Crippen molar-refractivity contribution >= 4 is 21.7 Å². The molecule has 0 unspecified atom stereocenters. The van der Waals surface area contributed by atoms with Gasteiger partial charge in [-0.2, -0.15) is 0 Å². The number of nitrogens with one attached hydrogen (secondary N) is 1. The zero-order valence-electron chi connectivity index (χ0n) is 12.2. The Kier molecular flexibility index (Phi) is 4.11. The first-order valence-corrected chi connectivity index (χ1v) is 8.89. The molecule has 0 bridgehead atoms. The van der Waals surface area contributed by atoms with Crippen molar-refractivity contribution in [2.24, 2.45) is 17.8 Å². The molecule has 0 spiro atoms. The van der Waals surface area contributed by atoms with Gasteiger partial charge in [-0.05, 0) is 5.92 Å². The maximum Gasteiger partial charge on any atom is 0.231 e. The van der Waals surface area contributed by atoms with Crippen molar-refractivity contribution in [1.29, 1.82) is 0 Å². The van der Waals surface area contributed by atoms with Gasteiger partial charge in [0.05, 0.1) is 31.6 Å². The maximum absolute atomic E-state index is 12.4. The van der Waals surface area contributed by atoms with Crippen LogP contribution in [0.1, 0.15) is 0 Å². The van der Waals surface area contributed by atoms with Crippen molar-refractivity contribution in [3.05, 3.63) is 18.6 Å². The van der Waals surface area contributed by atoms with E-state index in [9.17, 15) is 13.2 Å². The van der Waals surface area contributed by atoms with Crippen LogP contribution in [-0.2, 0) is 19.6 Å². The zero-order chi connectivity index (χ0) is 15.7. The fourth-order valence-electron chi connectivity index (χ4n) is 3.08. The van der Waals surface area contributed by atoms with Crippen molar-refractivity contribution in [2.75, 3.05) is 37.9 Å². The minimum absolute atomic E-state index is 0.0276. The lowest BCUT2D eigenvalue weighted by Crippen LogP contribution is -2.42. The van der Waals surface area contributed by atoms with Gasteiger partial charge in [-0.3, -0.25) is 9.78 Å². The van der Waals surface area contributed by atoms with Gasteiger partial charge < -0.3 is 10.1 Å². The summed E-state index contributed by atoms with van der Waals surface area (Å²) in [5, 5.41) is 2.72. The van der Waals surface area contributed by atoms with Crippen LogP contribution in [0, 0.1) is 17.8 Å². The molecule has 2 aliphatic rings. The molecule has 8 nitrogen and oxygen atoms in total. The first-order valence-electron chi connectivity index (χ1n) is 7.05. The highest BCUT2D eigenvalue weighted by atomic mass is 32.2. The number of anilines is 1. The normalized spacial score (nSPS) is 29.0. The molecule has 2 aliphatic heterocycles. The monoisotopic (exact) mass is 326 g/mol. The Morgan fingerprint density at radius 2 is 2.18 bits per heavy atom. The topological polar surface area (TPSA) is 101 Å². The molecule has 3 atom stereocenters. The minimum Gasteiger partial charge on any atom is -0.380 e. The molecule has 1 N–H and O–H groups in total. The van der Waals surface area contributed by atoms with E-state index in [0.29, 0.717) is 32.1 Å². The second kappa shape index (κ2) is 5.90. The summed E-state index contributed by atoms with van der Waals surface area (Å²) in [5.74, 6) is -0.174. The van der Waals surface area contributed by atoms with Crippen LogP contribution in [0.3, 0.4) is 0 Å². The van der Waals surface area contributed by atoms with Gasteiger partial charge in [-0.15, -0.1) is 0 Å². The van der Waals surface area contributed by atoms with E-state index in [0.717, 1.165) is 0 Å². The fourth-order valence-corrected chi connectivity index (χ4v) is 3.99. The van der Waals surface area contributed by atoms with E-state index in [4.69, 9.17) is 4.74 Å². The zero-order valence-corrected chi connectivity index (χ0v) is 13.0. The van der Waals surface area contributed by atoms with Crippen LogP contribution in [0.25, 0.3) is 0 Å². The second-order valence-corrected chi connectivity index (χ2v) is 7.71. The molecular formula is C13H18N4O4S. The molecule has 9 heteroatoms. The summed E-state index contributed by atoms with van der Waals surface area (Å²) in [4.78, 5) is 20.3. The molecule has 0 radical (unpaired) electrons. The molecule has 0 aromatic carbocycles. The molecular weight excluding hydrogens is 308 g/mol. The number of hydrogen-bond donors (Lipinski definition) is 1. The third kappa shape index (κ3) is 3.11. The third-order valence-corrected chi connectivity index (χ3v) is 5.46. The molecule has 0 aliphatic carbocycles. The fraction of sp³-hybridized carbons (Fsp3) is 0.615. The molecule has 3 rings (SSSR count). The largest absolute Gasteiger partial charge is 0.380 e. The Morgan fingerprint density at radius 1 is 1.36 bits per heavy atom. The predicted octanol–water partition coefficient (Wildman–Crippen LogP) is -0.431. The number of sulfonamides is 1. The van der Waals surface area contributed by atoms with Gasteiger partial charge in [0, 0.05) is 31.4 Å². The van der Waals surface area contributed by atoms with Gasteiger partial charge in [0.2, 0.25) is 15.9 Å². The van der Waals surface area contributed by atoms with Gasteiger partial charge >= 0.3 is 0 Å². The lowest BCUT2D eigenvalue weighted by Gasteiger charge is -2.31. The van der Waals surface area contributed by atoms with E-state index in [2.05, 4.69) is 15.3 Å². The molecule has 3 heterocycles. The van der Waals surface area contributed by atoms with Crippen LogP contribution in [-0.4, -0.2) is 61.2 Å². The van der Waals surface area contributed by atoms with Crippen molar-refractivity contribution < 1.29 is 17.9 Å². The van der Waals surface area contributed by atoms with Gasteiger partial charge in [0.15, 0.2) is 5.82 Å². The number of nitrogens with zero attached hydrogens (tertiary/aromatic N) is 3. The summed E-state index contributed by atoms with van der Waals surface area (Å²) in [6.45, 7) is 1.57. The first-order chi connectivity index (χ1) is 10.4. The SMILES string of the molecule is CS(=O)(=O)N1C[C@@H]2COC[C@H](C(=O)Nc3cnccn3)[C@@H]2C1. The van der Waals surface area contributed by atoms with E-state index >= 15 is 0 Å². The first kappa shape index (κ1) is 15.3. The van der Waals surface area contributed by atoms with Crippen LogP contribution < -0.4 is 5.32 Å². The molecule has 0 saturated carbocycles. The molecule has 1 amide bonds. The summed E-state index contributed by atoms with van der Waals surface area (Å²) in [6.07, 6.45) is 5.68. The third-order valence-electron chi connectivity index (χ3n) is 4.22. The summed E-state index contributed by atoms with van der Waals surface area (Å²) in [7, 11) is -3.25. The number of carbonyl (C=O) groups excluding carboxylic acids is 1. The number of aromatic nitrogens is 2. The maximum atomic E-state index is 12.4. The number of amides is 1. The van der Waals surface area contributed by atoms with E-state index in [1.807, 2.05) is 0 Å². The van der Waals surface area contributed by atoms with Crippen LogP contribution in [0.5, 0.6) is 0 Å². The van der Waals surface area contributed by atoms with Crippen LogP contribution in [0.15, 0.2) is 18.6 Å². The summed E-state index contributed by atoms with van der Waals surface area (Å²) in [5.41, 5.74) is 0. The van der Waals surface area contributed by atoms with Crippen molar-refractivity contribution in [3.8, 4) is 0 Å². The Bertz CT molecular complexity index is 651. The molecule has 22 heavy (non-hydrogen) atoms. The van der Waals surface area contributed by atoms with E-state index in [1.165, 1.54) is 29.2 Å². The Labute approximate surface area is 128 Å². The summed E-state index contributed by atoms with van der Waals surface area (Å²) >= 11 is 0. The van der Waals surface area contributed by atoms with Crippen LogP contribution in [0.2, 0.25) is 0 Å². The Balaban J connectivity index is 1.72. The van der Waals surface area contributed by atoms with E-state index < -0.39 is 10.0 Å². The van der Waals surface area contributed by atoms with Crippen molar-refractivity contribution in [3.63, 3.8) is 0 Å². The van der Waals surface area contributed by atoms with Gasteiger partial charge in [0.1, 0.15) is 0 Å². The van der Waals surface area contributed by atoms with Crippen molar-refractivity contribution in [2.45, 2.75) is 0 Å². The summed E-state index contributed by atoms with van der Waals surface area (Å²) < 4.78 is 30.3. The molecule has 1 aromatic rings. The Hall–Kier alpha value is -1.58. The quantitative estimate of drug-likeness (QED) is 0.809. The van der Waals surface area contributed by atoms with Crippen molar-refractivity contribution in [1.82, 2.24) is 14.3 Å². The highest BCUT2D eigenvalue weighted by Gasteiger charge is 2.46. The highest BCUT2D eigenvalue weighted by molar-refractivity contribution is 7.88. The second-order valence-electron chi connectivity index (χ2n) is 5.73. The number of rotatable bonds is 3. The number of ether oxygens (including phenoxy) is 1. The van der Waals surface area contributed by atoms with Crippen LogP contribution >= 0.6 is 0 Å². The van der Waals surface area contributed by atoms with E-state index in [1.54, 1.807) is 0 Å². The van der Waals surface area contributed by atoms with Crippen LogP contribution in [0.4, 0.5) is 5.82 Å². The highest BCUT2D eigenvalue weighted by Crippen LogP contribution is 2.35. The average molecular weight is 326 g/mol. The molecule has 2 fully saturated rings. The molecule has 120 valence electrons. The molecule has 2 saturated heterocycles. The average Bonchev–Trinajstić information content (AvgIpc) is 2.92. The predicted molar refractivity (Wildman–Crippen MR) is 78.4 cm³/mol. The molecule has 1 aromatic heterocycles. The lowest BCUT2D eigenvalue weighted by molar-refractivity contribution is -0.128. The summed E-state index contributed by atoms with van der Waals surface area (Å²) in [6, 6.07) is 0. The smallest absolute Gasteiger partial charge is 0.231 e. The number of fused-ring (bicyclic) bond motifs is 1. The lowest BCUT2D eigenvalue weighted by atomic mass is 9.82.